The second-order valence-electron chi connectivity index (χ2n) is 3.36. The van der Waals surface area contributed by atoms with Crippen LogP contribution in [-0.2, 0) is 16.1 Å². The summed E-state index contributed by atoms with van der Waals surface area (Å²) in [6, 6.07) is 3.79. The number of rotatable bonds is 2. The Balaban J connectivity index is 2.95. The highest BCUT2D eigenvalue weighted by Crippen LogP contribution is 2.20. The SMILES string of the molecule is CC(=O)OCc1c(C)ccc(N)c1C. The summed E-state index contributed by atoms with van der Waals surface area (Å²) in [5.41, 5.74) is 9.58. The largest absolute Gasteiger partial charge is 0.461 e. The van der Waals surface area contributed by atoms with Crippen LogP contribution in [0, 0.1) is 13.8 Å². The van der Waals surface area contributed by atoms with Gasteiger partial charge < -0.3 is 10.5 Å². The molecule has 0 bridgehead atoms. The molecule has 0 saturated carbocycles. The Bertz CT molecular complexity index is 359. The van der Waals surface area contributed by atoms with Crippen LogP contribution in [-0.4, -0.2) is 5.97 Å². The predicted molar refractivity (Wildman–Crippen MR) is 55.8 cm³/mol. The molecule has 0 amide bonds. The summed E-state index contributed by atoms with van der Waals surface area (Å²) in [7, 11) is 0. The number of aryl methyl sites for hydroxylation is 1. The van der Waals surface area contributed by atoms with Gasteiger partial charge in [-0.1, -0.05) is 6.07 Å². The van der Waals surface area contributed by atoms with Crippen LogP contribution in [0.1, 0.15) is 23.6 Å². The molecular formula is C11H15NO2. The number of nitrogens with two attached hydrogens (primary N) is 1. The summed E-state index contributed by atoms with van der Waals surface area (Å²) in [6.45, 7) is 5.61. The summed E-state index contributed by atoms with van der Waals surface area (Å²) in [5.74, 6) is -0.272. The number of hydrogen-bond donors (Lipinski definition) is 1. The lowest BCUT2D eigenvalue weighted by Gasteiger charge is -2.11. The molecule has 0 heterocycles. The maximum absolute atomic E-state index is 10.7. The van der Waals surface area contributed by atoms with Gasteiger partial charge in [0.25, 0.3) is 0 Å². The van der Waals surface area contributed by atoms with Crippen molar-refractivity contribution >= 4 is 11.7 Å². The molecule has 3 nitrogen and oxygen atoms in total. The monoisotopic (exact) mass is 193 g/mol. The van der Waals surface area contributed by atoms with Gasteiger partial charge in [0.05, 0.1) is 0 Å². The minimum absolute atomic E-state index is 0.272. The van der Waals surface area contributed by atoms with Crippen LogP contribution in [0.3, 0.4) is 0 Å². The summed E-state index contributed by atoms with van der Waals surface area (Å²) in [5, 5.41) is 0. The molecule has 76 valence electrons. The third-order valence-electron chi connectivity index (χ3n) is 2.29. The highest BCUT2D eigenvalue weighted by molar-refractivity contribution is 5.66. The Labute approximate surface area is 83.9 Å². The Kier molecular flexibility index (Phi) is 3.12. The van der Waals surface area contributed by atoms with Crippen molar-refractivity contribution in [1.29, 1.82) is 0 Å². The van der Waals surface area contributed by atoms with Crippen molar-refractivity contribution in [3.63, 3.8) is 0 Å². The van der Waals surface area contributed by atoms with Crippen LogP contribution < -0.4 is 5.73 Å². The maximum Gasteiger partial charge on any atom is 0.302 e. The van der Waals surface area contributed by atoms with Crippen molar-refractivity contribution in [2.45, 2.75) is 27.4 Å². The molecule has 3 heteroatoms. The molecule has 1 aromatic carbocycles. The Morgan fingerprint density at radius 1 is 1.43 bits per heavy atom. The number of hydrogen-bond acceptors (Lipinski definition) is 3. The highest BCUT2D eigenvalue weighted by atomic mass is 16.5. The second kappa shape index (κ2) is 4.13. The van der Waals surface area contributed by atoms with E-state index in [0.29, 0.717) is 6.61 Å². The molecule has 0 aromatic heterocycles. The minimum atomic E-state index is -0.272. The van der Waals surface area contributed by atoms with Gasteiger partial charge in [-0.2, -0.15) is 0 Å². The van der Waals surface area contributed by atoms with Gasteiger partial charge in [-0.25, -0.2) is 0 Å². The fourth-order valence-corrected chi connectivity index (χ4v) is 1.31. The fourth-order valence-electron chi connectivity index (χ4n) is 1.31. The van der Waals surface area contributed by atoms with Crippen molar-refractivity contribution in [3.8, 4) is 0 Å². The number of benzene rings is 1. The fraction of sp³-hybridized carbons (Fsp3) is 0.364. The van der Waals surface area contributed by atoms with Crippen LogP contribution in [0.2, 0.25) is 0 Å². The number of anilines is 1. The van der Waals surface area contributed by atoms with E-state index in [1.807, 2.05) is 26.0 Å². The van der Waals surface area contributed by atoms with Gasteiger partial charge in [0.1, 0.15) is 6.61 Å². The molecule has 0 spiro atoms. The molecule has 14 heavy (non-hydrogen) atoms. The molecule has 0 saturated heterocycles. The lowest BCUT2D eigenvalue weighted by molar-refractivity contribution is -0.142. The van der Waals surface area contributed by atoms with Crippen LogP contribution in [0.5, 0.6) is 0 Å². The van der Waals surface area contributed by atoms with E-state index < -0.39 is 0 Å². The van der Waals surface area contributed by atoms with Gasteiger partial charge in [-0.3, -0.25) is 4.79 Å². The quantitative estimate of drug-likeness (QED) is 0.577. The third kappa shape index (κ3) is 2.25. The number of esters is 1. The van der Waals surface area contributed by atoms with E-state index in [1.54, 1.807) is 0 Å². The second-order valence-corrected chi connectivity index (χ2v) is 3.36. The zero-order chi connectivity index (χ0) is 10.7. The molecule has 0 radical (unpaired) electrons. The van der Waals surface area contributed by atoms with Gasteiger partial charge in [0, 0.05) is 12.6 Å². The van der Waals surface area contributed by atoms with E-state index in [9.17, 15) is 4.79 Å². The molecule has 0 aliphatic carbocycles. The van der Waals surface area contributed by atoms with Crippen molar-refractivity contribution in [3.05, 3.63) is 28.8 Å². The Morgan fingerprint density at radius 3 is 2.64 bits per heavy atom. The first-order valence-corrected chi connectivity index (χ1v) is 4.50. The topological polar surface area (TPSA) is 52.3 Å². The molecule has 0 unspecified atom stereocenters. The summed E-state index contributed by atoms with van der Waals surface area (Å²) in [6.07, 6.45) is 0. The van der Waals surface area contributed by atoms with Crippen molar-refractivity contribution in [2.24, 2.45) is 0 Å². The van der Waals surface area contributed by atoms with Crippen molar-refractivity contribution in [1.82, 2.24) is 0 Å². The number of carbonyl (C=O) groups excluding carboxylic acids is 1. The Hall–Kier alpha value is -1.51. The standard InChI is InChI=1S/C11H15NO2/c1-7-4-5-11(12)8(2)10(7)6-14-9(3)13/h4-5H,6,12H2,1-3H3. The van der Waals surface area contributed by atoms with Crippen LogP contribution in [0.4, 0.5) is 5.69 Å². The summed E-state index contributed by atoms with van der Waals surface area (Å²) < 4.78 is 4.95. The highest BCUT2D eigenvalue weighted by Gasteiger charge is 2.06. The van der Waals surface area contributed by atoms with E-state index in [-0.39, 0.29) is 5.97 Å². The lowest BCUT2D eigenvalue weighted by atomic mass is 10.0. The first-order chi connectivity index (χ1) is 6.52. The number of ether oxygens (including phenoxy) is 1. The number of carbonyl (C=O) groups is 1. The average molecular weight is 193 g/mol. The lowest BCUT2D eigenvalue weighted by Crippen LogP contribution is -2.04. The van der Waals surface area contributed by atoms with Gasteiger partial charge >= 0.3 is 5.97 Å². The summed E-state index contributed by atoms with van der Waals surface area (Å²) in [4.78, 5) is 10.7. The average Bonchev–Trinajstić information content (AvgIpc) is 2.11. The van der Waals surface area contributed by atoms with Gasteiger partial charge in [0.2, 0.25) is 0 Å². The van der Waals surface area contributed by atoms with Gasteiger partial charge in [0.15, 0.2) is 0 Å². The molecule has 0 fully saturated rings. The minimum Gasteiger partial charge on any atom is -0.461 e. The van der Waals surface area contributed by atoms with Crippen molar-refractivity contribution in [2.75, 3.05) is 5.73 Å². The first-order valence-electron chi connectivity index (χ1n) is 4.50. The predicted octanol–water partition coefficient (Wildman–Crippen LogP) is 1.95. The number of nitrogen functional groups attached to an aromatic ring is 1. The Morgan fingerprint density at radius 2 is 2.07 bits per heavy atom. The van der Waals surface area contributed by atoms with E-state index >= 15 is 0 Å². The first kappa shape index (κ1) is 10.6. The van der Waals surface area contributed by atoms with E-state index in [4.69, 9.17) is 10.5 Å². The zero-order valence-corrected chi connectivity index (χ0v) is 8.76. The van der Waals surface area contributed by atoms with E-state index in [0.717, 1.165) is 22.4 Å². The molecular weight excluding hydrogens is 178 g/mol. The van der Waals surface area contributed by atoms with Gasteiger partial charge in [-0.15, -0.1) is 0 Å². The van der Waals surface area contributed by atoms with E-state index in [2.05, 4.69) is 0 Å². The molecule has 1 aromatic rings. The molecule has 0 aliphatic heterocycles. The molecule has 0 atom stereocenters. The smallest absolute Gasteiger partial charge is 0.302 e. The molecule has 2 N–H and O–H groups in total. The molecule has 0 aliphatic rings. The van der Waals surface area contributed by atoms with Crippen LogP contribution in [0.25, 0.3) is 0 Å². The zero-order valence-electron chi connectivity index (χ0n) is 8.76. The van der Waals surface area contributed by atoms with E-state index in [1.165, 1.54) is 6.92 Å². The maximum atomic E-state index is 10.7. The normalized spacial score (nSPS) is 9.93. The summed E-state index contributed by atoms with van der Waals surface area (Å²) >= 11 is 0. The van der Waals surface area contributed by atoms with Crippen LogP contribution >= 0.6 is 0 Å². The van der Waals surface area contributed by atoms with Crippen molar-refractivity contribution < 1.29 is 9.53 Å². The third-order valence-corrected chi connectivity index (χ3v) is 2.29. The van der Waals surface area contributed by atoms with Gasteiger partial charge in [-0.05, 0) is 36.6 Å². The molecule has 1 rings (SSSR count). The van der Waals surface area contributed by atoms with Crippen LogP contribution in [0.15, 0.2) is 12.1 Å².